The Morgan fingerprint density at radius 3 is 3.00 bits per heavy atom. The van der Waals surface area contributed by atoms with E-state index in [0.717, 1.165) is 0 Å². The summed E-state index contributed by atoms with van der Waals surface area (Å²) in [6, 6.07) is 6.08. The fourth-order valence-electron chi connectivity index (χ4n) is 1.77. The maximum absolute atomic E-state index is 13.5. The molecule has 3 rings (SSSR count). The molecule has 0 aliphatic carbocycles. The van der Waals surface area contributed by atoms with Crippen molar-refractivity contribution in [3.63, 3.8) is 0 Å². The largest absolute Gasteiger partial charge is 0.338 e. The summed E-state index contributed by atoms with van der Waals surface area (Å²) in [5, 5.41) is 19.0. The van der Waals surface area contributed by atoms with Gasteiger partial charge in [0.15, 0.2) is 5.65 Å². The van der Waals surface area contributed by atoms with E-state index in [1.165, 1.54) is 18.3 Å². The lowest BCUT2D eigenvalue weighted by Crippen LogP contribution is -1.99. The first-order chi connectivity index (χ1) is 9.69. The number of aromatic amines is 1. The van der Waals surface area contributed by atoms with E-state index in [-0.39, 0.29) is 10.8 Å². The molecule has 6 nitrogen and oxygen atoms in total. The molecule has 2 aromatic heterocycles. The normalized spacial score (nSPS) is 10.4. The summed E-state index contributed by atoms with van der Waals surface area (Å²) in [5.74, 6) is -0.267. The minimum Gasteiger partial charge on any atom is -0.338 e. The quantitative estimate of drug-likeness (QED) is 0.708. The number of fused-ring (bicyclic) bond motifs is 1. The van der Waals surface area contributed by atoms with Gasteiger partial charge in [0, 0.05) is 0 Å². The van der Waals surface area contributed by atoms with Crippen LogP contribution in [-0.2, 0) is 0 Å². The fraction of sp³-hybridized carbons (Fsp3) is 0. The molecule has 98 valence electrons. The first-order valence-electron chi connectivity index (χ1n) is 5.51. The summed E-state index contributed by atoms with van der Waals surface area (Å²) >= 11 is 5.80. The highest BCUT2D eigenvalue weighted by Gasteiger charge is 2.12. The van der Waals surface area contributed by atoms with E-state index in [4.69, 9.17) is 16.9 Å². The minimum absolute atomic E-state index is 0.0131. The van der Waals surface area contributed by atoms with E-state index in [2.05, 4.69) is 25.5 Å². The van der Waals surface area contributed by atoms with Gasteiger partial charge in [0.05, 0.1) is 17.3 Å². The van der Waals surface area contributed by atoms with Crippen molar-refractivity contribution in [3.8, 4) is 6.07 Å². The van der Waals surface area contributed by atoms with Gasteiger partial charge in [-0.05, 0) is 23.7 Å². The average molecular weight is 289 g/mol. The summed E-state index contributed by atoms with van der Waals surface area (Å²) in [6.07, 6.45) is 1.51. The predicted molar refractivity (Wildman–Crippen MR) is 71.1 cm³/mol. The van der Waals surface area contributed by atoms with Crippen molar-refractivity contribution in [2.45, 2.75) is 0 Å². The van der Waals surface area contributed by atoms with Gasteiger partial charge in [0.2, 0.25) is 5.28 Å². The van der Waals surface area contributed by atoms with Gasteiger partial charge in [-0.2, -0.15) is 20.3 Å². The SMILES string of the molecule is N#Cc1c(F)cccc1Nc1nc(Cl)nc2[nH]ncc12. The lowest BCUT2D eigenvalue weighted by atomic mass is 10.2. The topological polar surface area (TPSA) is 90.3 Å². The van der Waals surface area contributed by atoms with E-state index in [9.17, 15) is 4.39 Å². The standard InChI is InChI=1S/C12H6ClFN6/c13-12-18-10(7-5-16-20-11(7)19-12)17-9-3-1-2-8(14)6(9)4-15/h1-3,5H,(H2,16,17,18,19,20). The Kier molecular flexibility index (Phi) is 2.93. The third kappa shape index (κ3) is 2.02. The number of nitrogens with zero attached hydrogens (tertiary/aromatic N) is 4. The van der Waals surface area contributed by atoms with Crippen LogP contribution in [0.3, 0.4) is 0 Å². The molecular weight excluding hydrogens is 283 g/mol. The number of rotatable bonds is 2. The highest BCUT2D eigenvalue weighted by molar-refractivity contribution is 6.28. The second-order valence-corrected chi connectivity index (χ2v) is 4.21. The Bertz CT molecular complexity index is 838. The number of hydrogen-bond acceptors (Lipinski definition) is 5. The molecular formula is C12H6ClFN6. The molecule has 3 aromatic rings. The Balaban J connectivity index is 2.13. The summed E-state index contributed by atoms with van der Waals surface area (Å²) in [4.78, 5) is 7.98. The van der Waals surface area contributed by atoms with Crippen LogP contribution in [0.15, 0.2) is 24.4 Å². The second-order valence-electron chi connectivity index (χ2n) is 3.87. The maximum atomic E-state index is 13.5. The van der Waals surface area contributed by atoms with Gasteiger partial charge in [-0.1, -0.05) is 6.07 Å². The summed E-state index contributed by atoms with van der Waals surface area (Å²) < 4.78 is 13.5. The molecule has 0 unspecified atom stereocenters. The highest BCUT2D eigenvalue weighted by atomic mass is 35.5. The van der Waals surface area contributed by atoms with E-state index in [0.29, 0.717) is 22.5 Å². The fourth-order valence-corrected chi connectivity index (χ4v) is 1.94. The van der Waals surface area contributed by atoms with Crippen LogP contribution in [0.25, 0.3) is 11.0 Å². The number of halogens is 2. The van der Waals surface area contributed by atoms with Crippen molar-refractivity contribution in [2.24, 2.45) is 0 Å². The van der Waals surface area contributed by atoms with Crippen LogP contribution in [0.1, 0.15) is 5.56 Å². The van der Waals surface area contributed by atoms with Gasteiger partial charge in [0.1, 0.15) is 23.3 Å². The molecule has 20 heavy (non-hydrogen) atoms. The predicted octanol–water partition coefficient (Wildman–Crippen LogP) is 2.76. The zero-order chi connectivity index (χ0) is 14.1. The summed E-state index contributed by atoms with van der Waals surface area (Å²) in [7, 11) is 0. The van der Waals surface area contributed by atoms with E-state index >= 15 is 0 Å². The zero-order valence-corrected chi connectivity index (χ0v) is 10.6. The molecule has 0 fully saturated rings. The van der Waals surface area contributed by atoms with E-state index in [1.54, 1.807) is 12.1 Å². The van der Waals surface area contributed by atoms with Crippen molar-refractivity contribution in [1.29, 1.82) is 5.26 Å². The Hall–Kier alpha value is -2.72. The minimum atomic E-state index is -0.610. The number of nitriles is 1. The molecule has 0 amide bonds. The molecule has 0 saturated heterocycles. The smallest absolute Gasteiger partial charge is 0.226 e. The molecule has 8 heteroatoms. The van der Waals surface area contributed by atoms with Crippen LogP contribution in [0.2, 0.25) is 5.28 Å². The van der Waals surface area contributed by atoms with Crippen LogP contribution in [0.4, 0.5) is 15.9 Å². The molecule has 0 atom stereocenters. The number of hydrogen-bond donors (Lipinski definition) is 2. The van der Waals surface area contributed by atoms with Gasteiger partial charge >= 0.3 is 0 Å². The molecule has 0 aliphatic heterocycles. The van der Waals surface area contributed by atoms with Crippen molar-refractivity contribution in [3.05, 3.63) is 41.1 Å². The first-order valence-corrected chi connectivity index (χ1v) is 5.89. The Labute approximate surface area is 117 Å². The lowest BCUT2D eigenvalue weighted by Gasteiger charge is -2.08. The molecule has 0 aliphatic rings. The third-order valence-electron chi connectivity index (χ3n) is 2.66. The van der Waals surface area contributed by atoms with Gasteiger partial charge in [-0.3, -0.25) is 5.10 Å². The number of benzene rings is 1. The number of anilines is 2. The molecule has 0 saturated carbocycles. The molecule has 0 bridgehead atoms. The summed E-state index contributed by atoms with van der Waals surface area (Å²) in [5.41, 5.74) is 0.644. The summed E-state index contributed by atoms with van der Waals surface area (Å²) in [6.45, 7) is 0. The van der Waals surface area contributed by atoms with Gasteiger partial charge < -0.3 is 5.32 Å². The van der Waals surface area contributed by atoms with Crippen molar-refractivity contribution in [1.82, 2.24) is 20.2 Å². The third-order valence-corrected chi connectivity index (χ3v) is 2.83. The van der Waals surface area contributed by atoms with Crippen LogP contribution in [0, 0.1) is 17.1 Å². The van der Waals surface area contributed by atoms with Crippen molar-refractivity contribution >= 4 is 34.1 Å². The number of aromatic nitrogens is 4. The monoisotopic (exact) mass is 288 g/mol. The van der Waals surface area contributed by atoms with Crippen LogP contribution < -0.4 is 5.32 Å². The van der Waals surface area contributed by atoms with Crippen molar-refractivity contribution in [2.75, 3.05) is 5.32 Å². The molecule has 1 aromatic carbocycles. The number of H-pyrrole nitrogens is 1. The van der Waals surface area contributed by atoms with E-state index in [1.807, 2.05) is 0 Å². The highest BCUT2D eigenvalue weighted by Crippen LogP contribution is 2.26. The second kappa shape index (κ2) is 4.75. The van der Waals surface area contributed by atoms with E-state index < -0.39 is 5.82 Å². The van der Waals surface area contributed by atoms with Gasteiger partial charge in [0.25, 0.3) is 0 Å². The van der Waals surface area contributed by atoms with Crippen LogP contribution >= 0.6 is 11.6 Å². The average Bonchev–Trinajstić information content (AvgIpc) is 2.87. The maximum Gasteiger partial charge on any atom is 0.226 e. The molecule has 0 spiro atoms. The zero-order valence-electron chi connectivity index (χ0n) is 9.85. The molecule has 0 radical (unpaired) electrons. The first kappa shape index (κ1) is 12.3. The number of nitrogens with one attached hydrogen (secondary N) is 2. The van der Waals surface area contributed by atoms with Crippen LogP contribution in [-0.4, -0.2) is 20.2 Å². The molecule has 2 heterocycles. The van der Waals surface area contributed by atoms with Crippen LogP contribution in [0.5, 0.6) is 0 Å². The van der Waals surface area contributed by atoms with Gasteiger partial charge in [-0.25, -0.2) is 4.39 Å². The Morgan fingerprint density at radius 2 is 2.20 bits per heavy atom. The van der Waals surface area contributed by atoms with Crippen molar-refractivity contribution < 1.29 is 4.39 Å². The molecule has 2 N–H and O–H groups in total. The Morgan fingerprint density at radius 1 is 1.35 bits per heavy atom. The lowest BCUT2D eigenvalue weighted by molar-refractivity contribution is 0.624. The van der Waals surface area contributed by atoms with Gasteiger partial charge in [-0.15, -0.1) is 0 Å².